The van der Waals surface area contributed by atoms with Crippen LogP contribution < -0.4 is 5.73 Å². The van der Waals surface area contributed by atoms with E-state index in [1.54, 1.807) is 0 Å². The van der Waals surface area contributed by atoms with Gasteiger partial charge in [0.05, 0.1) is 13.2 Å². The highest BCUT2D eigenvalue weighted by molar-refractivity contribution is 6.60. The first-order valence-corrected chi connectivity index (χ1v) is 17.1. The third-order valence-electron chi connectivity index (χ3n) is 6.77. The molecule has 0 spiro atoms. The second-order valence-corrected chi connectivity index (χ2v) is 13.8. The predicted octanol–water partition coefficient (Wildman–Crippen LogP) is 8.01. The molecule has 0 aliphatic rings. The first kappa shape index (κ1) is 35.0. The van der Waals surface area contributed by atoms with Gasteiger partial charge in [-0.1, -0.05) is 103 Å². The van der Waals surface area contributed by atoms with Gasteiger partial charge in [-0.05, 0) is 46.5 Å². The fourth-order valence-corrected chi connectivity index (χ4v) is 7.74. The molecule has 0 rings (SSSR count). The van der Waals surface area contributed by atoms with E-state index in [1.165, 1.54) is 89.9 Å². The maximum absolute atomic E-state index is 9.23. The molecule has 0 fully saturated rings. The fraction of sp³-hybridized carbons (Fsp3) is 1.00. The van der Waals surface area contributed by atoms with Crippen molar-refractivity contribution in [2.75, 3.05) is 26.4 Å². The molecule has 212 valence electrons. The monoisotopic (exact) mass is 517 g/mol. The summed E-state index contributed by atoms with van der Waals surface area (Å²) in [6.07, 6.45) is 22.6. The van der Waals surface area contributed by atoms with Crippen LogP contribution in [0.25, 0.3) is 0 Å². The van der Waals surface area contributed by atoms with Crippen LogP contribution in [0.1, 0.15) is 144 Å². The zero-order valence-corrected chi connectivity index (χ0v) is 25.4. The van der Waals surface area contributed by atoms with Crippen LogP contribution in [0, 0.1) is 5.92 Å². The Morgan fingerprint density at radius 3 is 1.57 bits per heavy atom. The lowest BCUT2D eigenvalue weighted by Crippen LogP contribution is -2.46. The summed E-state index contributed by atoms with van der Waals surface area (Å²) in [6, 6.07) is 0.814. The SMILES string of the molecule is CCCCCCCCCCCCCCCC(CCC[Si](OCC)(OCC)OCCO)CC(C)(C)N. The van der Waals surface area contributed by atoms with Gasteiger partial charge in [-0.3, -0.25) is 0 Å². The number of nitrogens with two attached hydrogens (primary N) is 1. The molecule has 3 N–H and O–H groups in total. The van der Waals surface area contributed by atoms with Crippen molar-refractivity contribution in [3.63, 3.8) is 0 Å². The Bertz CT molecular complexity index is 439. The molecule has 0 heterocycles. The van der Waals surface area contributed by atoms with E-state index in [0.29, 0.717) is 19.1 Å². The molecule has 1 atom stereocenters. The first-order chi connectivity index (χ1) is 16.8. The lowest BCUT2D eigenvalue weighted by atomic mass is 9.85. The molecule has 0 radical (unpaired) electrons. The number of hydrogen-bond acceptors (Lipinski definition) is 5. The molecule has 6 heteroatoms. The van der Waals surface area contributed by atoms with Crippen molar-refractivity contribution in [2.45, 2.75) is 155 Å². The van der Waals surface area contributed by atoms with Gasteiger partial charge in [-0.15, -0.1) is 0 Å². The third kappa shape index (κ3) is 21.8. The van der Waals surface area contributed by atoms with E-state index in [2.05, 4.69) is 20.8 Å². The van der Waals surface area contributed by atoms with Gasteiger partial charge in [0.2, 0.25) is 0 Å². The minimum atomic E-state index is -2.70. The average molecular weight is 518 g/mol. The Labute approximate surface area is 220 Å². The van der Waals surface area contributed by atoms with Crippen molar-refractivity contribution in [1.82, 2.24) is 0 Å². The van der Waals surface area contributed by atoms with Crippen molar-refractivity contribution in [3.8, 4) is 0 Å². The van der Waals surface area contributed by atoms with Crippen LogP contribution in [0.3, 0.4) is 0 Å². The molecule has 0 saturated heterocycles. The summed E-state index contributed by atoms with van der Waals surface area (Å²) in [6.45, 7) is 12.0. The third-order valence-corrected chi connectivity index (χ3v) is 9.83. The summed E-state index contributed by atoms with van der Waals surface area (Å²) in [7, 11) is -2.70. The highest BCUT2D eigenvalue weighted by atomic mass is 28.4. The smallest absolute Gasteiger partial charge is 0.394 e. The summed E-state index contributed by atoms with van der Waals surface area (Å²) in [4.78, 5) is 0. The van der Waals surface area contributed by atoms with Gasteiger partial charge < -0.3 is 24.1 Å². The molecule has 0 aliphatic heterocycles. The molecular formula is C29H63NO4Si. The van der Waals surface area contributed by atoms with Crippen molar-refractivity contribution >= 4 is 8.80 Å². The molecule has 0 aromatic carbocycles. The quantitative estimate of drug-likeness (QED) is 0.0852. The van der Waals surface area contributed by atoms with E-state index in [0.717, 1.165) is 25.3 Å². The van der Waals surface area contributed by atoms with Crippen LogP contribution in [-0.4, -0.2) is 45.9 Å². The molecule has 5 nitrogen and oxygen atoms in total. The second-order valence-electron chi connectivity index (χ2n) is 11.1. The molecule has 35 heavy (non-hydrogen) atoms. The van der Waals surface area contributed by atoms with E-state index in [1.807, 2.05) is 13.8 Å². The molecule has 0 aliphatic carbocycles. The van der Waals surface area contributed by atoms with Gasteiger partial charge in [-0.25, -0.2) is 0 Å². The molecule has 1 unspecified atom stereocenters. The zero-order chi connectivity index (χ0) is 26.3. The second kappa shape index (κ2) is 23.2. The van der Waals surface area contributed by atoms with E-state index >= 15 is 0 Å². The number of aliphatic hydroxyl groups is 1. The van der Waals surface area contributed by atoms with Gasteiger partial charge in [0.15, 0.2) is 0 Å². The van der Waals surface area contributed by atoms with Crippen LogP contribution in [0.4, 0.5) is 0 Å². The topological polar surface area (TPSA) is 73.9 Å². The number of aliphatic hydroxyl groups excluding tert-OH is 1. The molecular weight excluding hydrogens is 454 g/mol. The van der Waals surface area contributed by atoms with Gasteiger partial charge >= 0.3 is 8.80 Å². The maximum atomic E-state index is 9.23. The van der Waals surface area contributed by atoms with Gasteiger partial charge in [-0.2, -0.15) is 0 Å². The molecule has 0 bridgehead atoms. The minimum Gasteiger partial charge on any atom is -0.394 e. The summed E-state index contributed by atoms with van der Waals surface area (Å²) in [5, 5.41) is 9.23. The largest absolute Gasteiger partial charge is 0.501 e. The normalized spacial score (nSPS) is 13.5. The first-order valence-electron chi connectivity index (χ1n) is 15.1. The van der Waals surface area contributed by atoms with Crippen molar-refractivity contribution in [3.05, 3.63) is 0 Å². The number of hydrogen-bond donors (Lipinski definition) is 2. The van der Waals surface area contributed by atoms with Crippen LogP contribution in [0.5, 0.6) is 0 Å². The highest BCUT2D eigenvalue weighted by Gasteiger charge is 2.40. The van der Waals surface area contributed by atoms with Crippen molar-refractivity contribution in [2.24, 2.45) is 11.7 Å². The Morgan fingerprint density at radius 1 is 0.686 bits per heavy atom. The molecule has 0 aromatic heterocycles. The van der Waals surface area contributed by atoms with E-state index in [-0.39, 0.29) is 18.8 Å². The van der Waals surface area contributed by atoms with Crippen molar-refractivity contribution < 1.29 is 18.4 Å². The average Bonchev–Trinajstić information content (AvgIpc) is 2.80. The molecule has 0 amide bonds. The van der Waals surface area contributed by atoms with E-state index in [9.17, 15) is 5.11 Å². The van der Waals surface area contributed by atoms with Crippen LogP contribution in [-0.2, 0) is 13.3 Å². The van der Waals surface area contributed by atoms with Gasteiger partial charge in [0, 0.05) is 24.8 Å². The minimum absolute atomic E-state index is 0.00205. The zero-order valence-electron chi connectivity index (χ0n) is 24.4. The highest BCUT2D eigenvalue weighted by Crippen LogP contribution is 2.28. The number of unbranched alkanes of at least 4 members (excludes halogenated alkanes) is 12. The van der Waals surface area contributed by atoms with Crippen LogP contribution in [0.2, 0.25) is 6.04 Å². The lowest BCUT2D eigenvalue weighted by molar-refractivity contribution is 0.0525. The van der Waals surface area contributed by atoms with E-state index < -0.39 is 8.80 Å². The fourth-order valence-electron chi connectivity index (χ4n) is 5.13. The Morgan fingerprint density at radius 2 is 1.14 bits per heavy atom. The van der Waals surface area contributed by atoms with Gasteiger partial charge in [0.1, 0.15) is 0 Å². The van der Waals surface area contributed by atoms with Crippen LogP contribution >= 0.6 is 0 Å². The standard InChI is InChI=1S/C29H63NO4Si/c1-6-9-10-11-12-13-14-15-16-17-18-19-20-22-28(27-29(4,5)30)23-21-26-35(32-7-2,33-8-3)34-25-24-31/h28,31H,6-27,30H2,1-5H3. The molecule has 0 aromatic rings. The Balaban J connectivity index is 4.23. The number of rotatable bonds is 27. The summed E-state index contributed by atoms with van der Waals surface area (Å²) < 4.78 is 17.9. The van der Waals surface area contributed by atoms with Crippen LogP contribution in [0.15, 0.2) is 0 Å². The summed E-state index contributed by atoms with van der Waals surface area (Å²) in [5.41, 5.74) is 6.27. The lowest BCUT2D eigenvalue weighted by Gasteiger charge is -2.30. The van der Waals surface area contributed by atoms with E-state index in [4.69, 9.17) is 19.0 Å². The maximum Gasteiger partial charge on any atom is 0.501 e. The molecule has 0 saturated carbocycles. The Kier molecular flexibility index (Phi) is 23.2. The van der Waals surface area contributed by atoms with Crippen molar-refractivity contribution in [1.29, 1.82) is 0 Å². The Hall–Kier alpha value is 0.0169. The van der Waals surface area contributed by atoms with Gasteiger partial charge in [0.25, 0.3) is 0 Å². The summed E-state index contributed by atoms with van der Waals surface area (Å²) in [5.74, 6) is 0.635. The summed E-state index contributed by atoms with van der Waals surface area (Å²) >= 11 is 0. The predicted molar refractivity (Wildman–Crippen MR) is 153 cm³/mol.